The van der Waals surface area contributed by atoms with Crippen LogP contribution in [0, 0.1) is 5.92 Å². The summed E-state index contributed by atoms with van der Waals surface area (Å²) in [6.07, 6.45) is 11.8. The zero-order valence-corrected chi connectivity index (χ0v) is 12.9. The fraction of sp³-hybridized carbons (Fsp3) is 0.625. The summed E-state index contributed by atoms with van der Waals surface area (Å²) in [6, 6.07) is 4.79. The highest BCUT2D eigenvalue weighted by Gasteiger charge is 2.23. The van der Waals surface area contributed by atoms with E-state index in [0.717, 1.165) is 28.9 Å². The molecule has 0 atom stereocenters. The van der Waals surface area contributed by atoms with E-state index in [1.165, 1.54) is 50.5 Å². The van der Waals surface area contributed by atoms with Gasteiger partial charge in [0.05, 0.1) is 0 Å². The lowest BCUT2D eigenvalue weighted by Gasteiger charge is -2.24. The normalized spacial score (nSPS) is 21.8. The van der Waals surface area contributed by atoms with Crippen molar-refractivity contribution in [2.75, 3.05) is 6.54 Å². The fourth-order valence-electron chi connectivity index (χ4n) is 2.92. The molecule has 2 nitrogen and oxygen atoms in total. The molecule has 2 aliphatic carbocycles. The maximum atomic E-state index is 5.64. The molecule has 0 radical (unpaired) electrons. The topological polar surface area (TPSA) is 25.2 Å². The first-order valence-corrected chi connectivity index (χ1v) is 8.30. The maximum absolute atomic E-state index is 5.64. The molecule has 0 amide bonds. The van der Waals surface area contributed by atoms with Crippen molar-refractivity contribution >= 4 is 22.0 Å². The van der Waals surface area contributed by atoms with Gasteiger partial charge in [0, 0.05) is 12.6 Å². The Kier molecular flexibility index (Phi) is 4.44. The number of hydrogen-bond donors (Lipinski definition) is 1. The van der Waals surface area contributed by atoms with Gasteiger partial charge in [-0.1, -0.05) is 19.3 Å². The van der Waals surface area contributed by atoms with Crippen LogP contribution in [-0.2, 0) is 0 Å². The lowest BCUT2D eigenvalue weighted by Crippen LogP contribution is -2.23. The molecule has 1 N–H and O–H groups in total. The SMILES string of the molecule is Brc1ccc(C=C(CNC2CC2)C2CCCCC2)o1. The van der Waals surface area contributed by atoms with E-state index in [2.05, 4.69) is 27.3 Å². The quantitative estimate of drug-likeness (QED) is 0.845. The highest BCUT2D eigenvalue weighted by molar-refractivity contribution is 9.10. The predicted octanol–water partition coefficient (Wildman–Crippen LogP) is 4.76. The average molecular weight is 324 g/mol. The summed E-state index contributed by atoms with van der Waals surface area (Å²) in [4.78, 5) is 0. The van der Waals surface area contributed by atoms with Gasteiger partial charge in [-0.15, -0.1) is 0 Å². The molecule has 3 rings (SSSR count). The zero-order valence-electron chi connectivity index (χ0n) is 11.3. The second kappa shape index (κ2) is 6.27. The molecule has 0 aliphatic heterocycles. The van der Waals surface area contributed by atoms with Crippen molar-refractivity contribution in [2.45, 2.75) is 51.0 Å². The number of hydrogen-bond acceptors (Lipinski definition) is 2. The molecule has 0 aromatic carbocycles. The van der Waals surface area contributed by atoms with E-state index in [0.29, 0.717) is 0 Å². The summed E-state index contributed by atoms with van der Waals surface area (Å²) in [6.45, 7) is 1.04. The molecule has 0 saturated heterocycles. The Hall–Kier alpha value is -0.540. The van der Waals surface area contributed by atoms with E-state index in [1.54, 1.807) is 0 Å². The molecule has 2 saturated carbocycles. The predicted molar refractivity (Wildman–Crippen MR) is 82.0 cm³/mol. The number of nitrogens with one attached hydrogen (secondary N) is 1. The van der Waals surface area contributed by atoms with E-state index < -0.39 is 0 Å². The molecule has 1 aromatic rings. The Balaban J connectivity index is 1.71. The lowest BCUT2D eigenvalue weighted by molar-refractivity contribution is 0.395. The van der Waals surface area contributed by atoms with Crippen molar-refractivity contribution in [2.24, 2.45) is 5.92 Å². The van der Waals surface area contributed by atoms with Crippen LogP contribution in [0.3, 0.4) is 0 Å². The van der Waals surface area contributed by atoms with Crippen LogP contribution in [0.1, 0.15) is 50.7 Å². The van der Waals surface area contributed by atoms with Crippen molar-refractivity contribution in [3.63, 3.8) is 0 Å². The molecule has 2 aliphatic rings. The maximum Gasteiger partial charge on any atom is 0.169 e. The molecule has 3 heteroatoms. The van der Waals surface area contributed by atoms with Crippen LogP contribution in [0.25, 0.3) is 6.08 Å². The van der Waals surface area contributed by atoms with Gasteiger partial charge in [0.1, 0.15) is 5.76 Å². The van der Waals surface area contributed by atoms with E-state index in [1.807, 2.05) is 12.1 Å². The average Bonchev–Trinajstić information content (AvgIpc) is 3.18. The second-order valence-corrected chi connectivity index (χ2v) is 6.63. The molecule has 104 valence electrons. The van der Waals surface area contributed by atoms with Crippen molar-refractivity contribution in [3.8, 4) is 0 Å². The van der Waals surface area contributed by atoms with Gasteiger partial charge in [-0.05, 0) is 71.3 Å². The van der Waals surface area contributed by atoms with Crippen molar-refractivity contribution < 1.29 is 4.42 Å². The van der Waals surface area contributed by atoms with Crippen LogP contribution in [-0.4, -0.2) is 12.6 Å². The van der Waals surface area contributed by atoms with Gasteiger partial charge in [-0.3, -0.25) is 0 Å². The van der Waals surface area contributed by atoms with Crippen LogP contribution >= 0.6 is 15.9 Å². The first-order valence-electron chi connectivity index (χ1n) is 7.50. The van der Waals surface area contributed by atoms with Gasteiger partial charge in [-0.2, -0.15) is 0 Å². The van der Waals surface area contributed by atoms with Gasteiger partial charge in [0.2, 0.25) is 0 Å². The van der Waals surface area contributed by atoms with Crippen molar-refractivity contribution in [3.05, 3.63) is 28.1 Å². The highest BCUT2D eigenvalue weighted by atomic mass is 79.9. The Morgan fingerprint density at radius 3 is 2.63 bits per heavy atom. The van der Waals surface area contributed by atoms with Gasteiger partial charge in [0.25, 0.3) is 0 Å². The first kappa shape index (κ1) is 13.4. The van der Waals surface area contributed by atoms with Crippen LogP contribution in [0.4, 0.5) is 0 Å². The smallest absolute Gasteiger partial charge is 0.169 e. The number of furan rings is 1. The molecule has 2 fully saturated rings. The third kappa shape index (κ3) is 3.96. The summed E-state index contributed by atoms with van der Waals surface area (Å²) in [5, 5.41) is 3.66. The summed E-state index contributed by atoms with van der Waals surface area (Å²) in [5.74, 6) is 1.73. The standard InChI is InChI=1S/C16H22BrNO/c17-16-9-8-15(19-16)10-13(11-18-14-6-7-14)12-4-2-1-3-5-12/h8-10,12,14,18H,1-7,11H2. The summed E-state index contributed by atoms with van der Waals surface area (Å²) >= 11 is 3.38. The monoisotopic (exact) mass is 323 g/mol. The second-order valence-electron chi connectivity index (χ2n) is 5.85. The Bertz CT molecular complexity index is 441. The third-order valence-electron chi connectivity index (χ3n) is 4.22. The zero-order chi connectivity index (χ0) is 13.1. The Labute approximate surface area is 123 Å². The number of rotatable bonds is 5. The summed E-state index contributed by atoms with van der Waals surface area (Å²) in [7, 11) is 0. The third-order valence-corrected chi connectivity index (χ3v) is 4.65. The molecule has 0 bridgehead atoms. The highest BCUT2D eigenvalue weighted by Crippen LogP contribution is 2.31. The van der Waals surface area contributed by atoms with Gasteiger partial charge in [0.15, 0.2) is 4.67 Å². The first-order chi connectivity index (χ1) is 9.31. The fourth-order valence-corrected chi connectivity index (χ4v) is 3.24. The van der Waals surface area contributed by atoms with Crippen molar-refractivity contribution in [1.29, 1.82) is 0 Å². The van der Waals surface area contributed by atoms with E-state index >= 15 is 0 Å². The minimum atomic E-state index is 0.754. The largest absolute Gasteiger partial charge is 0.450 e. The lowest BCUT2D eigenvalue weighted by atomic mass is 9.83. The summed E-state index contributed by atoms with van der Waals surface area (Å²) in [5.41, 5.74) is 1.54. The minimum Gasteiger partial charge on any atom is -0.450 e. The van der Waals surface area contributed by atoms with Crippen LogP contribution in [0.5, 0.6) is 0 Å². The van der Waals surface area contributed by atoms with Gasteiger partial charge in [-0.25, -0.2) is 0 Å². The van der Waals surface area contributed by atoms with Crippen molar-refractivity contribution in [1.82, 2.24) is 5.32 Å². The van der Waals surface area contributed by atoms with Crippen LogP contribution in [0.2, 0.25) is 0 Å². The molecule has 0 unspecified atom stereocenters. The molecule has 1 aromatic heterocycles. The Morgan fingerprint density at radius 1 is 1.21 bits per heavy atom. The minimum absolute atomic E-state index is 0.754. The summed E-state index contributed by atoms with van der Waals surface area (Å²) < 4.78 is 6.46. The van der Waals surface area contributed by atoms with Crippen LogP contribution < -0.4 is 5.32 Å². The molecule has 19 heavy (non-hydrogen) atoms. The van der Waals surface area contributed by atoms with Gasteiger partial charge >= 0.3 is 0 Å². The van der Waals surface area contributed by atoms with E-state index in [9.17, 15) is 0 Å². The molecular weight excluding hydrogens is 302 g/mol. The van der Waals surface area contributed by atoms with E-state index in [-0.39, 0.29) is 0 Å². The molecule has 1 heterocycles. The molecular formula is C16H22BrNO. The van der Waals surface area contributed by atoms with E-state index in [4.69, 9.17) is 4.42 Å². The van der Waals surface area contributed by atoms with Crippen LogP contribution in [0.15, 0.2) is 26.8 Å². The molecule has 0 spiro atoms. The number of halogens is 1. The Morgan fingerprint density at radius 2 is 2.00 bits per heavy atom. The van der Waals surface area contributed by atoms with Gasteiger partial charge < -0.3 is 9.73 Å².